The summed E-state index contributed by atoms with van der Waals surface area (Å²) in [6.45, 7) is 6.41. The monoisotopic (exact) mass is 185 g/mol. The van der Waals surface area contributed by atoms with Crippen LogP contribution in [0.15, 0.2) is 0 Å². The molecule has 0 aliphatic carbocycles. The Morgan fingerprint density at radius 2 is 2.23 bits per heavy atom. The van der Waals surface area contributed by atoms with E-state index in [1.165, 1.54) is 20.0 Å². The van der Waals surface area contributed by atoms with Gasteiger partial charge in [0, 0.05) is 12.1 Å². The van der Waals surface area contributed by atoms with Crippen LogP contribution in [-0.2, 0) is 9.53 Å². The SMILES string of the molecule is COC(=O)CCN1CCCC1(C)C. The average Bonchev–Trinajstić information content (AvgIpc) is 2.41. The number of likely N-dealkylation sites (tertiary alicyclic amines) is 1. The van der Waals surface area contributed by atoms with E-state index >= 15 is 0 Å². The van der Waals surface area contributed by atoms with Gasteiger partial charge in [0.15, 0.2) is 0 Å². The summed E-state index contributed by atoms with van der Waals surface area (Å²) in [6, 6.07) is 0. The number of rotatable bonds is 3. The van der Waals surface area contributed by atoms with Crippen molar-refractivity contribution in [1.82, 2.24) is 4.90 Å². The Morgan fingerprint density at radius 3 is 2.69 bits per heavy atom. The second-order valence-electron chi connectivity index (χ2n) is 4.23. The number of ether oxygens (including phenoxy) is 1. The lowest BCUT2D eigenvalue weighted by molar-refractivity contribution is -0.141. The van der Waals surface area contributed by atoms with Gasteiger partial charge in [0.1, 0.15) is 0 Å². The van der Waals surface area contributed by atoms with Gasteiger partial charge < -0.3 is 4.74 Å². The first kappa shape index (κ1) is 10.5. The van der Waals surface area contributed by atoms with Gasteiger partial charge in [-0.15, -0.1) is 0 Å². The second-order valence-corrected chi connectivity index (χ2v) is 4.23. The predicted molar refractivity (Wildman–Crippen MR) is 51.5 cm³/mol. The van der Waals surface area contributed by atoms with Gasteiger partial charge in [-0.2, -0.15) is 0 Å². The van der Waals surface area contributed by atoms with Crippen molar-refractivity contribution in [2.45, 2.75) is 38.6 Å². The van der Waals surface area contributed by atoms with Crippen molar-refractivity contribution in [2.75, 3.05) is 20.2 Å². The smallest absolute Gasteiger partial charge is 0.306 e. The number of methoxy groups -OCH3 is 1. The fraction of sp³-hybridized carbons (Fsp3) is 0.900. The fourth-order valence-corrected chi connectivity index (χ4v) is 1.91. The molecule has 0 N–H and O–H groups in total. The van der Waals surface area contributed by atoms with E-state index in [-0.39, 0.29) is 11.5 Å². The third kappa shape index (κ3) is 2.69. The number of esters is 1. The van der Waals surface area contributed by atoms with Crippen molar-refractivity contribution >= 4 is 5.97 Å². The van der Waals surface area contributed by atoms with E-state index in [2.05, 4.69) is 23.5 Å². The summed E-state index contributed by atoms with van der Waals surface area (Å²) in [5.74, 6) is -0.109. The number of carbonyl (C=O) groups excluding carboxylic acids is 1. The van der Waals surface area contributed by atoms with Crippen LogP contribution < -0.4 is 0 Å². The molecule has 0 aromatic heterocycles. The third-order valence-electron chi connectivity index (χ3n) is 2.89. The van der Waals surface area contributed by atoms with Gasteiger partial charge in [-0.25, -0.2) is 0 Å². The lowest BCUT2D eigenvalue weighted by Crippen LogP contribution is -2.39. The Bertz CT molecular complexity index is 189. The molecule has 3 heteroatoms. The molecular weight excluding hydrogens is 166 g/mol. The minimum atomic E-state index is -0.109. The van der Waals surface area contributed by atoms with E-state index in [4.69, 9.17) is 0 Å². The van der Waals surface area contributed by atoms with Crippen LogP contribution in [0.1, 0.15) is 33.1 Å². The first-order valence-corrected chi connectivity index (χ1v) is 4.88. The molecule has 3 nitrogen and oxygen atoms in total. The largest absolute Gasteiger partial charge is 0.469 e. The van der Waals surface area contributed by atoms with Crippen LogP contribution in [0.25, 0.3) is 0 Å². The van der Waals surface area contributed by atoms with E-state index in [9.17, 15) is 4.79 Å². The summed E-state index contributed by atoms with van der Waals surface area (Å²) in [4.78, 5) is 13.3. The molecule has 1 fully saturated rings. The van der Waals surface area contributed by atoms with Crippen LogP contribution in [-0.4, -0.2) is 36.6 Å². The van der Waals surface area contributed by atoms with E-state index in [0.717, 1.165) is 13.1 Å². The van der Waals surface area contributed by atoms with Gasteiger partial charge in [0.25, 0.3) is 0 Å². The predicted octanol–water partition coefficient (Wildman–Crippen LogP) is 1.42. The molecule has 0 aromatic carbocycles. The highest BCUT2D eigenvalue weighted by molar-refractivity contribution is 5.69. The van der Waals surface area contributed by atoms with E-state index < -0.39 is 0 Å². The molecule has 0 radical (unpaired) electrons. The van der Waals surface area contributed by atoms with Crippen LogP contribution in [0.5, 0.6) is 0 Å². The minimum Gasteiger partial charge on any atom is -0.469 e. The van der Waals surface area contributed by atoms with Gasteiger partial charge in [-0.05, 0) is 33.2 Å². The molecule has 0 unspecified atom stereocenters. The van der Waals surface area contributed by atoms with Crippen LogP contribution in [0.4, 0.5) is 0 Å². The van der Waals surface area contributed by atoms with Gasteiger partial charge in [0.05, 0.1) is 13.5 Å². The van der Waals surface area contributed by atoms with Crippen LogP contribution in [0.3, 0.4) is 0 Å². The molecule has 0 bridgehead atoms. The van der Waals surface area contributed by atoms with Crippen LogP contribution >= 0.6 is 0 Å². The molecule has 13 heavy (non-hydrogen) atoms. The highest BCUT2D eigenvalue weighted by atomic mass is 16.5. The van der Waals surface area contributed by atoms with Crippen LogP contribution in [0.2, 0.25) is 0 Å². The number of hydrogen-bond donors (Lipinski definition) is 0. The minimum absolute atomic E-state index is 0.109. The molecule has 1 heterocycles. The summed E-state index contributed by atoms with van der Waals surface area (Å²) in [7, 11) is 1.44. The molecule has 0 spiro atoms. The first-order chi connectivity index (χ1) is 6.06. The molecule has 0 saturated carbocycles. The Balaban J connectivity index is 2.33. The molecule has 76 valence electrons. The topological polar surface area (TPSA) is 29.5 Å². The van der Waals surface area contributed by atoms with Crippen molar-refractivity contribution in [3.63, 3.8) is 0 Å². The molecule has 0 amide bonds. The standard InChI is InChI=1S/C10H19NO2/c1-10(2)6-4-7-11(10)8-5-9(12)13-3/h4-8H2,1-3H3. The zero-order chi connectivity index (χ0) is 9.90. The second kappa shape index (κ2) is 4.09. The fourth-order valence-electron chi connectivity index (χ4n) is 1.91. The van der Waals surface area contributed by atoms with E-state index in [1.54, 1.807) is 0 Å². The number of nitrogens with zero attached hydrogens (tertiary/aromatic N) is 1. The Morgan fingerprint density at radius 1 is 1.54 bits per heavy atom. The zero-order valence-electron chi connectivity index (χ0n) is 8.80. The molecule has 0 aromatic rings. The number of carbonyl (C=O) groups is 1. The van der Waals surface area contributed by atoms with Crippen LogP contribution in [0, 0.1) is 0 Å². The van der Waals surface area contributed by atoms with Crippen molar-refractivity contribution in [2.24, 2.45) is 0 Å². The maximum absolute atomic E-state index is 10.9. The van der Waals surface area contributed by atoms with Gasteiger partial charge >= 0.3 is 5.97 Å². The molecule has 1 aliphatic rings. The average molecular weight is 185 g/mol. The Labute approximate surface area is 80.1 Å². The summed E-state index contributed by atoms with van der Waals surface area (Å²) in [6.07, 6.45) is 2.99. The number of hydrogen-bond acceptors (Lipinski definition) is 3. The molecule has 1 rings (SSSR count). The molecular formula is C10H19NO2. The maximum atomic E-state index is 10.9. The van der Waals surface area contributed by atoms with Gasteiger partial charge in [-0.3, -0.25) is 9.69 Å². The first-order valence-electron chi connectivity index (χ1n) is 4.88. The third-order valence-corrected chi connectivity index (χ3v) is 2.89. The maximum Gasteiger partial charge on any atom is 0.306 e. The van der Waals surface area contributed by atoms with Crippen molar-refractivity contribution in [3.8, 4) is 0 Å². The van der Waals surface area contributed by atoms with Crippen molar-refractivity contribution in [1.29, 1.82) is 0 Å². The summed E-state index contributed by atoms with van der Waals surface area (Å²) in [5.41, 5.74) is 0.272. The summed E-state index contributed by atoms with van der Waals surface area (Å²) in [5, 5.41) is 0. The van der Waals surface area contributed by atoms with E-state index in [0.29, 0.717) is 6.42 Å². The Hall–Kier alpha value is -0.570. The summed E-state index contributed by atoms with van der Waals surface area (Å²) < 4.78 is 4.61. The van der Waals surface area contributed by atoms with Crippen molar-refractivity contribution in [3.05, 3.63) is 0 Å². The lowest BCUT2D eigenvalue weighted by atomic mass is 10.0. The Kier molecular flexibility index (Phi) is 3.31. The van der Waals surface area contributed by atoms with E-state index in [1.807, 2.05) is 0 Å². The summed E-state index contributed by atoms with van der Waals surface area (Å²) >= 11 is 0. The highest BCUT2D eigenvalue weighted by Gasteiger charge is 2.31. The molecule has 1 aliphatic heterocycles. The molecule has 0 atom stereocenters. The normalized spacial score (nSPS) is 21.8. The quantitative estimate of drug-likeness (QED) is 0.623. The lowest BCUT2D eigenvalue weighted by Gasteiger charge is -2.31. The van der Waals surface area contributed by atoms with Crippen molar-refractivity contribution < 1.29 is 9.53 Å². The zero-order valence-corrected chi connectivity index (χ0v) is 8.80. The van der Waals surface area contributed by atoms with Gasteiger partial charge in [-0.1, -0.05) is 0 Å². The van der Waals surface area contributed by atoms with Gasteiger partial charge in [0.2, 0.25) is 0 Å². The highest BCUT2D eigenvalue weighted by Crippen LogP contribution is 2.27. The molecule has 1 saturated heterocycles.